The third-order valence-electron chi connectivity index (χ3n) is 3.68. The predicted octanol–water partition coefficient (Wildman–Crippen LogP) is 1.54. The molecule has 1 aromatic carbocycles. The van der Waals surface area contributed by atoms with Crippen molar-refractivity contribution >= 4 is 15.9 Å². The van der Waals surface area contributed by atoms with Gasteiger partial charge in [-0.05, 0) is 37.0 Å². The van der Waals surface area contributed by atoms with Crippen molar-refractivity contribution in [1.29, 1.82) is 0 Å². The number of hydrogen-bond acceptors (Lipinski definition) is 3. The van der Waals surface area contributed by atoms with Crippen molar-refractivity contribution in [2.45, 2.75) is 37.5 Å². The summed E-state index contributed by atoms with van der Waals surface area (Å²) in [5.41, 5.74) is 1.02. The minimum atomic E-state index is -3.33. The first kappa shape index (κ1) is 16.0. The second kappa shape index (κ2) is 7.04. The second-order valence-electron chi connectivity index (χ2n) is 5.21. The molecule has 1 amide bonds. The SMILES string of the molecule is CCC(=O)NCCc1ccc(S(=O)(=O)N2CCCC2)cc1. The van der Waals surface area contributed by atoms with Gasteiger partial charge in [-0.2, -0.15) is 4.31 Å². The van der Waals surface area contributed by atoms with E-state index in [1.807, 2.05) is 19.1 Å². The van der Waals surface area contributed by atoms with Gasteiger partial charge in [0.1, 0.15) is 0 Å². The van der Waals surface area contributed by atoms with Crippen LogP contribution in [0.5, 0.6) is 0 Å². The molecule has 5 nitrogen and oxygen atoms in total. The van der Waals surface area contributed by atoms with Gasteiger partial charge >= 0.3 is 0 Å². The summed E-state index contributed by atoms with van der Waals surface area (Å²) < 4.78 is 26.3. The van der Waals surface area contributed by atoms with Gasteiger partial charge in [0.2, 0.25) is 15.9 Å². The van der Waals surface area contributed by atoms with Crippen LogP contribution in [0.3, 0.4) is 0 Å². The molecule has 1 saturated heterocycles. The van der Waals surface area contributed by atoms with Crippen molar-refractivity contribution in [3.8, 4) is 0 Å². The first-order valence-corrected chi connectivity index (χ1v) is 8.84. The van der Waals surface area contributed by atoms with Crippen LogP contribution >= 0.6 is 0 Å². The Kier molecular flexibility index (Phi) is 5.36. The van der Waals surface area contributed by atoms with E-state index in [4.69, 9.17) is 0 Å². The summed E-state index contributed by atoms with van der Waals surface area (Å²) in [4.78, 5) is 11.5. The van der Waals surface area contributed by atoms with E-state index in [2.05, 4.69) is 5.32 Å². The number of benzene rings is 1. The summed E-state index contributed by atoms with van der Waals surface area (Å²) in [5.74, 6) is 0.0308. The van der Waals surface area contributed by atoms with E-state index in [0.717, 1.165) is 18.4 Å². The third kappa shape index (κ3) is 4.04. The number of sulfonamides is 1. The van der Waals surface area contributed by atoms with Crippen molar-refractivity contribution in [2.24, 2.45) is 0 Å². The summed E-state index contributed by atoms with van der Waals surface area (Å²) in [6, 6.07) is 6.96. The van der Waals surface area contributed by atoms with E-state index >= 15 is 0 Å². The largest absolute Gasteiger partial charge is 0.356 e. The van der Waals surface area contributed by atoms with Gasteiger partial charge in [-0.15, -0.1) is 0 Å². The van der Waals surface area contributed by atoms with Gasteiger partial charge in [0, 0.05) is 26.1 Å². The highest BCUT2D eigenvalue weighted by Crippen LogP contribution is 2.21. The van der Waals surface area contributed by atoms with Crippen LogP contribution in [0.25, 0.3) is 0 Å². The Morgan fingerprint density at radius 3 is 2.38 bits per heavy atom. The maximum Gasteiger partial charge on any atom is 0.243 e. The van der Waals surface area contributed by atoms with Gasteiger partial charge in [0.05, 0.1) is 4.90 Å². The van der Waals surface area contributed by atoms with E-state index < -0.39 is 10.0 Å². The van der Waals surface area contributed by atoms with E-state index in [0.29, 0.717) is 37.4 Å². The Hall–Kier alpha value is -1.40. The quantitative estimate of drug-likeness (QED) is 0.866. The molecule has 2 rings (SSSR count). The van der Waals surface area contributed by atoms with Crippen LogP contribution < -0.4 is 5.32 Å². The highest BCUT2D eigenvalue weighted by Gasteiger charge is 2.26. The standard InChI is InChI=1S/C15H22N2O3S/c1-2-15(18)16-10-9-13-5-7-14(8-6-13)21(19,20)17-11-3-4-12-17/h5-8H,2-4,9-12H2,1H3,(H,16,18). The Bertz CT molecular complexity index is 575. The van der Waals surface area contributed by atoms with Crippen LogP contribution in [0.1, 0.15) is 31.7 Å². The number of hydrogen-bond donors (Lipinski definition) is 1. The third-order valence-corrected chi connectivity index (χ3v) is 5.60. The molecule has 1 fully saturated rings. The number of nitrogens with one attached hydrogen (secondary N) is 1. The molecule has 0 bridgehead atoms. The molecule has 1 N–H and O–H groups in total. The first-order chi connectivity index (χ1) is 10.0. The van der Waals surface area contributed by atoms with Crippen molar-refractivity contribution in [1.82, 2.24) is 9.62 Å². The Morgan fingerprint density at radius 2 is 1.81 bits per heavy atom. The first-order valence-electron chi connectivity index (χ1n) is 7.40. The fourth-order valence-corrected chi connectivity index (χ4v) is 3.89. The number of amides is 1. The zero-order valence-corrected chi connectivity index (χ0v) is 13.2. The van der Waals surface area contributed by atoms with Gasteiger partial charge in [-0.25, -0.2) is 8.42 Å². The smallest absolute Gasteiger partial charge is 0.243 e. The minimum Gasteiger partial charge on any atom is -0.356 e. The molecule has 1 aliphatic heterocycles. The minimum absolute atomic E-state index is 0.0308. The number of carbonyl (C=O) groups is 1. The van der Waals surface area contributed by atoms with Crippen LogP contribution in [0, 0.1) is 0 Å². The molecule has 1 aliphatic rings. The monoisotopic (exact) mass is 310 g/mol. The van der Waals surface area contributed by atoms with E-state index in [1.165, 1.54) is 0 Å². The van der Waals surface area contributed by atoms with Gasteiger partial charge in [-0.3, -0.25) is 4.79 Å². The van der Waals surface area contributed by atoms with Gasteiger partial charge in [0.15, 0.2) is 0 Å². The van der Waals surface area contributed by atoms with Crippen LogP contribution in [0.2, 0.25) is 0 Å². The topological polar surface area (TPSA) is 66.5 Å². The summed E-state index contributed by atoms with van der Waals surface area (Å²) in [5, 5.41) is 2.81. The van der Waals surface area contributed by atoms with Crippen LogP contribution in [-0.2, 0) is 21.2 Å². The molecule has 6 heteroatoms. The van der Waals surface area contributed by atoms with Gasteiger partial charge in [0.25, 0.3) is 0 Å². The molecule has 0 atom stereocenters. The Morgan fingerprint density at radius 1 is 1.19 bits per heavy atom. The molecule has 0 aliphatic carbocycles. The molecule has 0 spiro atoms. The Balaban J connectivity index is 1.97. The molecule has 1 aromatic rings. The van der Waals surface area contributed by atoms with E-state index in [9.17, 15) is 13.2 Å². The van der Waals surface area contributed by atoms with Gasteiger partial charge < -0.3 is 5.32 Å². The zero-order valence-electron chi connectivity index (χ0n) is 12.3. The maximum atomic E-state index is 12.4. The van der Waals surface area contributed by atoms with E-state index in [1.54, 1.807) is 16.4 Å². The lowest BCUT2D eigenvalue weighted by molar-refractivity contribution is -0.120. The van der Waals surface area contributed by atoms with Crippen LogP contribution in [-0.4, -0.2) is 38.3 Å². The summed E-state index contributed by atoms with van der Waals surface area (Å²) in [6.07, 6.45) is 3.06. The molecule has 0 saturated carbocycles. The normalized spacial score (nSPS) is 16.0. The molecule has 0 radical (unpaired) electrons. The lowest BCUT2D eigenvalue weighted by Crippen LogP contribution is -2.27. The lowest BCUT2D eigenvalue weighted by atomic mass is 10.1. The van der Waals surface area contributed by atoms with E-state index in [-0.39, 0.29) is 5.91 Å². The van der Waals surface area contributed by atoms with Crippen molar-refractivity contribution in [2.75, 3.05) is 19.6 Å². The zero-order chi connectivity index (χ0) is 15.3. The highest BCUT2D eigenvalue weighted by atomic mass is 32.2. The maximum absolute atomic E-state index is 12.4. The molecular formula is C15H22N2O3S. The molecule has 0 aromatic heterocycles. The lowest BCUT2D eigenvalue weighted by Gasteiger charge is -2.15. The fraction of sp³-hybridized carbons (Fsp3) is 0.533. The van der Waals surface area contributed by atoms with Crippen molar-refractivity contribution in [3.05, 3.63) is 29.8 Å². The fourth-order valence-electron chi connectivity index (χ4n) is 2.38. The number of nitrogens with zero attached hydrogens (tertiary/aromatic N) is 1. The number of rotatable bonds is 6. The van der Waals surface area contributed by atoms with Gasteiger partial charge in [-0.1, -0.05) is 19.1 Å². The highest BCUT2D eigenvalue weighted by molar-refractivity contribution is 7.89. The van der Waals surface area contributed by atoms with Crippen molar-refractivity contribution < 1.29 is 13.2 Å². The molecule has 1 heterocycles. The average Bonchev–Trinajstić information content (AvgIpc) is 3.02. The summed E-state index contributed by atoms with van der Waals surface area (Å²) >= 11 is 0. The average molecular weight is 310 g/mol. The summed E-state index contributed by atoms with van der Waals surface area (Å²) in [6.45, 7) is 3.62. The molecular weight excluding hydrogens is 288 g/mol. The predicted molar refractivity (Wildman–Crippen MR) is 81.4 cm³/mol. The number of carbonyl (C=O) groups excluding carboxylic acids is 1. The second-order valence-corrected chi connectivity index (χ2v) is 7.15. The van der Waals surface area contributed by atoms with Crippen molar-refractivity contribution in [3.63, 3.8) is 0 Å². The van der Waals surface area contributed by atoms with Crippen LogP contribution in [0.4, 0.5) is 0 Å². The molecule has 0 unspecified atom stereocenters. The van der Waals surface area contributed by atoms with Crippen LogP contribution in [0.15, 0.2) is 29.2 Å². The molecule has 116 valence electrons. The summed E-state index contributed by atoms with van der Waals surface area (Å²) in [7, 11) is -3.33. The Labute approximate surface area is 126 Å². The molecule has 21 heavy (non-hydrogen) atoms.